The highest BCUT2D eigenvalue weighted by atomic mass is 35.5. The zero-order valence-electron chi connectivity index (χ0n) is 16.6. The van der Waals surface area contributed by atoms with E-state index in [1.54, 1.807) is 0 Å². The second-order valence-corrected chi connectivity index (χ2v) is 7.53. The average Bonchev–Trinajstić information content (AvgIpc) is 3.04. The number of benzene rings is 3. The fraction of sp³-hybridized carbons (Fsp3) is 0.120. The Balaban J connectivity index is 1.62. The summed E-state index contributed by atoms with van der Waals surface area (Å²) in [6.07, 6.45) is 1.88. The summed E-state index contributed by atoms with van der Waals surface area (Å²) < 4.78 is 2.24. The normalized spacial score (nSPS) is 11.1. The minimum Gasteiger partial charge on any atom is -0.340 e. The summed E-state index contributed by atoms with van der Waals surface area (Å²) in [6, 6.07) is 26.0. The lowest BCUT2D eigenvalue weighted by Gasteiger charge is -2.10. The maximum absolute atomic E-state index is 9.44. The first-order chi connectivity index (χ1) is 14.7. The molecule has 0 aliphatic rings. The standard InChI is InChI=1S/C25H21ClN4/c1-18-24(16-29-28-15-19-10-12-22(26)13-11-19)23-8-4-5-9-25(23)30(18)17-21-7-3-2-6-20(21)14-27/h2-13,16,28H,15,17H2,1H3/b29-16-. The fourth-order valence-electron chi connectivity index (χ4n) is 3.61. The number of nitriles is 1. The number of hydrogen-bond acceptors (Lipinski definition) is 3. The highest BCUT2D eigenvalue weighted by Gasteiger charge is 2.13. The van der Waals surface area contributed by atoms with Crippen LogP contribution in [-0.2, 0) is 13.1 Å². The second-order valence-electron chi connectivity index (χ2n) is 7.09. The molecule has 148 valence electrons. The van der Waals surface area contributed by atoms with Gasteiger partial charge in [-0.05, 0) is 42.3 Å². The van der Waals surface area contributed by atoms with Crippen molar-refractivity contribution < 1.29 is 0 Å². The fourth-order valence-corrected chi connectivity index (χ4v) is 3.74. The van der Waals surface area contributed by atoms with Gasteiger partial charge in [0, 0.05) is 33.7 Å². The molecule has 30 heavy (non-hydrogen) atoms. The maximum atomic E-state index is 9.44. The van der Waals surface area contributed by atoms with E-state index in [2.05, 4.69) is 40.2 Å². The molecule has 1 N–H and O–H groups in total. The van der Waals surface area contributed by atoms with Crippen LogP contribution in [0.2, 0.25) is 5.02 Å². The van der Waals surface area contributed by atoms with E-state index in [1.807, 2.05) is 66.9 Å². The Morgan fingerprint density at radius 2 is 1.77 bits per heavy atom. The first kappa shape index (κ1) is 19.8. The number of para-hydroxylation sites is 1. The predicted molar refractivity (Wildman–Crippen MR) is 123 cm³/mol. The van der Waals surface area contributed by atoms with Gasteiger partial charge in [0.15, 0.2) is 0 Å². The molecule has 0 bridgehead atoms. The summed E-state index contributed by atoms with van der Waals surface area (Å²) in [7, 11) is 0. The van der Waals surface area contributed by atoms with Crippen molar-refractivity contribution >= 4 is 28.7 Å². The number of hydrazone groups is 1. The maximum Gasteiger partial charge on any atom is 0.0995 e. The van der Waals surface area contributed by atoms with E-state index in [-0.39, 0.29) is 0 Å². The molecule has 0 spiro atoms. The van der Waals surface area contributed by atoms with Crippen LogP contribution in [0.4, 0.5) is 0 Å². The van der Waals surface area contributed by atoms with Gasteiger partial charge in [0.2, 0.25) is 0 Å². The molecule has 0 saturated heterocycles. The summed E-state index contributed by atoms with van der Waals surface area (Å²) in [5.41, 5.74) is 9.25. The number of aromatic nitrogens is 1. The molecular weight excluding hydrogens is 392 g/mol. The van der Waals surface area contributed by atoms with Crippen molar-refractivity contribution in [2.45, 2.75) is 20.0 Å². The summed E-state index contributed by atoms with van der Waals surface area (Å²) in [5.74, 6) is 0. The molecule has 1 heterocycles. The number of halogens is 1. The van der Waals surface area contributed by atoms with E-state index in [0.717, 1.165) is 38.3 Å². The van der Waals surface area contributed by atoms with Crippen molar-refractivity contribution in [2.24, 2.45) is 5.10 Å². The number of nitrogens with one attached hydrogen (secondary N) is 1. The zero-order chi connectivity index (χ0) is 20.9. The summed E-state index contributed by atoms with van der Waals surface area (Å²) >= 11 is 5.94. The Labute approximate surface area is 181 Å². The third-order valence-electron chi connectivity index (χ3n) is 5.23. The molecule has 0 unspecified atom stereocenters. The lowest BCUT2D eigenvalue weighted by atomic mass is 10.1. The molecule has 0 atom stereocenters. The summed E-state index contributed by atoms with van der Waals surface area (Å²) in [6.45, 7) is 3.36. The van der Waals surface area contributed by atoms with Gasteiger partial charge in [-0.3, -0.25) is 0 Å². The van der Waals surface area contributed by atoms with Gasteiger partial charge in [-0.15, -0.1) is 0 Å². The van der Waals surface area contributed by atoms with E-state index < -0.39 is 0 Å². The Morgan fingerprint density at radius 1 is 1.03 bits per heavy atom. The Morgan fingerprint density at radius 3 is 2.57 bits per heavy atom. The average molecular weight is 413 g/mol. The molecule has 0 amide bonds. The van der Waals surface area contributed by atoms with Crippen LogP contribution in [0.3, 0.4) is 0 Å². The molecule has 4 nitrogen and oxygen atoms in total. The van der Waals surface area contributed by atoms with Crippen molar-refractivity contribution in [2.75, 3.05) is 0 Å². The SMILES string of the molecule is Cc1c(/C=N\NCc2ccc(Cl)cc2)c2ccccc2n1Cc1ccccc1C#N. The predicted octanol–water partition coefficient (Wildman–Crippen LogP) is 5.65. The molecule has 4 rings (SSSR count). The highest BCUT2D eigenvalue weighted by Crippen LogP contribution is 2.26. The topological polar surface area (TPSA) is 53.1 Å². The van der Waals surface area contributed by atoms with Crippen LogP contribution in [-0.4, -0.2) is 10.8 Å². The van der Waals surface area contributed by atoms with Crippen molar-refractivity contribution in [3.63, 3.8) is 0 Å². The Hall–Kier alpha value is -3.55. The van der Waals surface area contributed by atoms with Crippen molar-refractivity contribution in [1.29, 1.82) is 5.26 Å². The summed E-state index contributed by atoms with van der Waals surface area (Å²) in [5, 5.41) is 15.8. The van der Waals surface area contributed by atoms with Crippen molar-refractivity contribution in [3.8, 4) is 6.07 Å². The van der Waals surface area contributed by atoms with Crippen LogP contribution in [0.5, 0.6) is 0 Å². The van der Waals surface area contributed by atoms with Gasteiger partial charge < -0.3 is 9.99 Å². The van der Waals surface area contributed by atoms with Crippen molar-refractivity contribution in [3.05, 3.63) is 106 Å². The zero-order valence-corrected chi connectivity index (χ0v) is 17.4. The van der Waals surface area contributed by atoms with Crippen molar-refractivity contribution in [1.82, 2.24) is 9.99 Å². The van der Waals surface area contributed by atoms with Crippen LogP contribution in [0, 0.1) is 18.3 Å². The van der Waals surface area contributed by atoms with Gasteiger partial charge >= 0.3 is 0 Å². The van der Waals surface area contributed by atoms with Crippen LogP contribution in [0.25, 0.3) is 10.9 Å². The molecule has 0 aliphatic heterocycles. The highest BCUT2D eigenvalue weighted by molar-refractivity contribution is 6.30. The number of fused-ring (bicyclic) bond motifs is 1. The third-order valence-corrected chi connectivity index (χ3v) is 5.48. The first-order valence-corrected chi connectivity index (χ1v) is 10.1. The van der Waals surface area contributed by atoms with Crippen LogP contribution < -0.4 is 5.43 Å². The van der Waals surface area contributed by atoms with Gasteiger partial charge in [-0.25, -0.2) is 0 Å². The molecule has 0 fully saturated rings. The largest absolute Gasteiger partial charge is 0.340 e. The molecule has 0 saturated carbocycles. The molecule has 1 aromatic heterocycles. The van der Waals surface area contributed by atoms with Crippen LogP contribution >= 0.6 is 11.6 Å². The minimum atomic E-state index is 0.626. The van der Waals surface area contributed by atoms with E-state index in [4.69, 9.17) is 11.6 Å². The number of rotatable bonds is 6. The Kier molecular flexibility index (Phi) is 5.83. The van der Waals surface area contributed by atoms with Gasteiger partial charge in [-0.1, -0.05) is 60.1 Å². The van der Waals surface area contributed by atoms with Gasteiger partial charge in [0.25, 0.3) is 0 Å². The number of hydrogen-bond donors (Lipinski definition) is 1. The van der Waals surface area contributed by atoms with Crippen LogP contribution in [0.1, 0.15) is 27.9 Å². The third kappa shape index (κ3) is 4.07. The lowest BCUT2D eigenvalue weighted by Crippen LogP contribution is -2.06. The minimum absolute atomic E-state index is 0.626. The second kappa shape index (κ2) is 8.86. The number of nitrogens with zero attached hydrogens (tertiary/aromatic N) is 3. The first-order valence-electron chi connectivity index (χ1n) is 9.73. The monoisotopic (exact) mass is 412 g/mol. The van der Waals surface area contributed by atoms with E-state index in [0.29, 0.717) is 18.7 Å². The molecule has 4 aromatic rings. The molecule has 3 aromatic carbocycles. The molecule has 0 aliphatic carbocycles. The van der Waals surface area contributed by atoms with E-state index in [1.165, 1.54) is 0 Å². The molecule has 0 radical (unpaired) electrons. The van der Waals surface area contributed by atoms with E-state index >= 15 is 0 Å². The van der Waals surface area contributed by atoms with Crippen LogP contribution in [0.15, 0.2) is 77.9 Å². The van der Waals surface area contributed by atoms with Gasteiger partial charge in [0.1, 0.15) is 0 Å². The Bertz CT molecular complexity index is 1250. The van der Waals surface area contributed by atoms with E-state index in [9.17, 15) is 5.26 Å². The molecule has 5 heteroatoms. The van der Waals surface area contributed by atoms with Gasteiger partial charge in [-0.2, -0.15) is 10.4 Å². The molecular formula is C25H21ClN4. The van der Waals surface area contributed by atoms with Gasteiger partial charge in [0.05, 0.1) is 24.4 Å². The quantitative estimate of drug-likeness (QED) is 0.329. The smallest absolute Gasteiger partial charge is 0.0995 e. The summed E-state index contributed by atoms with van der Waals surface area (Å²) in [4.78, 5) is 0. The lowest BCUT2D eigenvalue weighted by molar-refractivity contribution is 0.747.